The van der Waals surface area contributed by atoms with Gasteiger partial charge in [-0.3, -0.25) is 10.1 Å². The van der Waals surface area contributed by atoms with E-state index in [0.29, 0.717) is 16.4 Å². The Morgan fingerprint density at radius 3 is 2.60 bits per heavy atom. The predicted molar refractivity (Wildman–Crippen MR) is 84.4 cm³/mol. The van der Waals surface area contributed by atoms with Crippen molar-refractivity contribution in [1.29, 1.82) is 0 Å². The molecule has 2 rings (SSSR count). The van der Waals surface area contributed by atoms with Crippen molar-refractivity contribution >= 4 is 28.1 Å². The lowest BCUT2D eigenvalue weighted by atomic mass is 9.93. The largest absolute Gasteiger partial charge is 0.398 e. The lowest BCUT2D eigenvalue weighted by molar-refractivity contribution is 0.102. The van der Waals surface area contributed by atoms with Crippen molar-refractivity contribution in [3.8, 4) is 0 Å². The van der Waals surface area contributed by atoms with Gasteiger partial charge in [0.1, 0.15) is 0 Å². The van der Waals surface area contributed by atoms with Crippen molar-refractivity contribution in [1.82, 2.24) is 4.98 Å². The summed E-state index contributed by atoms with van der Waals surface area (Å²) in [6.07, 6.45) is 0. The number of nitrogens with two attached hydrogens (primary N) is 1. The second-order valence-electron chi connectivity index (χ2n) is 5.83. The fraction of sp³-hybridized carbons (Fsp3) is 0.333. The average Bonchev–Trinajstić information content (AvgIpc) is 2.76. The van der Waals surface area contributed by atoms with Crippen LogP contribution in [-0.2, 0) is 5.41 Å². The standard InChI is InChI=1S/C15H19N3OS/c1-9-5-6-10(11(16)7-9)13(19)18-14-17-12(8-20-14)15(2,3)4/h5-8H,16H2,1-4H3,(H,17,18,19). The summed E-state index contributed by atoms with van der Waals surface area (Å²) in [7, 11) is 0. The number of nitrogen functional groups attached to an aromatic ring is 1. The maximum absolute atomic E-state index is 12.2. The summed E-state index contributed by atoms with van der Waals surface area (Å²) in [5.74, 6) is -0.225. The van der Waals surface area contributed by atoms with E-state index in [-0.39, 0.29) is 11.3 Å². The molecular weight excluding hydrogens is 270 g/mol. The maximum Gasteiger partial charge on any atom is 0.259 e. The molecule has 5 heteroatoms. The molecule has 0 saturated carbocycles. The average molecular weight is 289 g/mol. The highest BCUT2D eigenvalue weighted by Gasteiger charge is 2.18. The number of carbonyl (C=O) groups excluding carboxylic acids is 1. The number of carbonyl (C=O) groups is 1. The summed E-state index contributed by atoms with van der Waals surface area (Å²) < 4.78 is 0. The van der Waals surface area contributed by atoms with Gasteiger partial charge in [-0.25, -0.2) is 4.98 Å². The summed E-state index contributed by atoms with van der Waals surface area (Å²) in [5.41, 5.74) is 8.80. The van der Waals surface area contributed by atoms with Crippen LogP contribution in [0.15, 0.2) is 23.6 Å². The minimum Gasteiger partial charge on any atom is -0.398 e. The highest BCUT2D eigenvalue weighted by molar-refractivity contribution is 7.14. The van der Waals surface area contributed by atoms with Crippen LogP contribution in [0.25, 0.3) is 0 Å². The Bertz CT molecular complexity index is 641. The zero-order valence-corrected chi connectivity index (χ0v) is 13.0. The number of amides is 1. The van der Waals surface area contributed by atoms with Crippen LogP contribution in [-0.4, -0.2) is 10.9 Å². The van der Waals surface area contributed by atoms with Gasteiger partial charge < -0.3 is 5.73 Å². The number of benzene rings is 1. The van der Waals surface area contributed by atoms with Crippen molar-refractivity contribution in [2.45, 2.75) is 33.1 Å². The van der Waals surface area contributed by atoms with Gasteiger partial charge in [0.15, 0.2) is 5.13 Å². The predicted octanol–water partition coefficient (Wildman–Crippen LogP) is 3.58. The van der Waals surface area contributed by atoms with Gasteiger partial charge in [0.05, 0.1) is 11.3 Å². The quantitative estimate of drug-likeness (QED) is 0.830. The number of nitrogens with one attached hydrogen (secondary N) is 1. The van der Waals surface area contributed by atoms with Gasteiger partial charge >= 0.3 is 0 Å². The molecule has 1 heterocycles. The van der Waals surface area contributed by atoms with E-state index in [1.165, 1.54) is 11.3 Å². The minimum absolute atomic E-state index is 0.0254. The summed E-state index contributed by atoms with van der Waals surface area (Å²) in [4.78, 5) is 16.6. The molecule has 0 radical (unpaired) electrons. The third-order valence-electron chi connectivity index (χ3n) is 2.94. The Morgan fingerprint density at radius 2 is 2.05 bits per heavy atom. The number of anilines is 2. The van der Waals surface area contributed by atoms with Crippen molar-refractivity contribution in [2.24, 2.45) is 0 Å². The van der Waals surface area contributed by atoms with Crippen molar-refractivity contribution in [3.05, 3.63) is 40.4 Å². The molecule has 0 fully saturated rings. The van der Waals surface area contributed by atoms with Crippen LogP contribution >= 0.6 is 11.3 Å². The fourth-order valence-electron chi connectivity index (χ4n) is 1.73. The fourth-order valence-corrected chi connectivity index (χ4v) is 2.66. The lowest BCUT2D eigenvalue weighted by Gasteiger charge is -2.14. The Morgan fingerprint density at radius 1 is 1.35 bits per heavy atom. The summed E-state index contributed by atoms with van der Waals surface area (Å²) in [6.45, 7) is 8.21. The number of nitrogens with zero attached hydrogens (tertiary/aromatic N) is 1. The van der Waals surface area contributed by atoms with E-state index in [1.807, 2.05) is 18.4 Å². The topological polar surface area (TPSA) is 68.0 Å². The maximum atomic E-state index is 12.2. The van der Waals surface area contributed by atoms with E-state index >= 15 is 0 Å². The molecule has 2 aromatic rings. The van der Waals surface area contributed by atoms with E-state index in [0.717, 1.165) is 11.3 Å². The minimum atomic E-state index is -0.225. The van der Waals surface area contributed by atoms with Crippen LogP contribution in [0.3, 0.4) is 0 Å². The highest BCUT2D eigenvalue weighted by Crippen LogP contribution is 2.27. The molecule has 0 aliphatic rings. The van der Waals surface area contributed by atoms with E-state index in [2.05, 4.69) is 31.1 Å². The van der Waals surface area contributed by atoms with Crippen LogP contribution in [0.1, 0.15) is 42.4 Å². The molecule has 0 atom stereocenters. The number of aryl methyl sites for hydroxylation is 1. The molecule has 0 spiro atoms. The molecule has 1 aromatic heterocycles. The van der Waals surface area contributed by atoms with E-state index in [4.69, 9.17) is 5.73 Å². The zero-order chi connectivity index (χ0) is 14.9. The third-order valence-corrected chi connectivity index (χ3v) is 3.70. The number of aromatic nitrogens is 1. The van der Waals surface area contributed by atoms with Gasteiger partial charge in [0.2, 0.25) is 0 Å². The number of thiazole rings is 1. The first-order chi connectivity index (χ1) is 9.27. The first kappa shape index (κ1) is 14.5. The number of hydrogen-bond acceptors (Lipinski definition) is 4. The van der Waals surface area contributed by atoms with Gasteiger partial charge in [-0.15, -0.1) is 11.3 Å². The summed E-state index contributed by atoms with van der Waals surface area (Å²) >= 11 is 1.42. The Labute approximate surface area is 123 Å². The first-order valence-corrected chi connectivity index (χ1v) is 7.29. The summed E-state index contributed by atoms with van der Waals surface area (Å²) in [6, 6.07) is 5.39. The van der Waals surface area contributed by atoms with Crippen LogP contribution in [0.4, 0.5) is 10.8 Å². The molecule has 0 aliphatic heterocycles. The van der Waals surface area contributed by atoms with E-state index < -0.39 is 0 Å². The summed E-state index contributed by atoms with van der Waals surface area (Å²) in [5, 5.41) is 5.36. The number of rotatable bonds is 2. The van der Waals surface area contributed by atoms with Crippen molar-refractivity contribution in [3.63, 3.8) is 0 Å². The second-order valence-corrected chi connectivity index (χ2v) is 6.69. The number of hydrogen-bond donors (Lipinski definition) is 2. The van der Waals surface area contributed by atoms with Crippen LogP contribution in [0, 0.1) is 6.92 Å². The SMILES string of the molecule is Cc1ccc(C(=O)Nc2nc(C(C)(C)C)cs2)c(N)c1. The molecule has 1 amide bonds. The molecule has 0 unspecified atom stereocenters. The molecule has 0 saturated heterocycles. The van der Waals surface area contributed by atoms with Crippen LogP contribution in [0.5, 0.6) is 0 Å². The second kappa shape index (κ2) is 5.25. The molecule has 4 nitrogen and oxygen atoms in total. The van der Waals surface area contributed by atoms with Gasteiger partial charge in [-0.05, 0) is 24.6 Å². The van der Waals surface area contributed by atoms with Crippen molar-refractivity contribution < 1.29 is 4.79 Å². The molecular formula is C15H19N3OS. The monoisotopic (exact) mass is 289 g/mol. The molecule has 1 aromatic carbocycles. The molecule has 0 aliphatic carbocycles. The molecule has 106 valence electrons. The van der Waals surface area contributed by atoms with E-state index in [1.54, 1.807) is 12.1 Å². The van der Waals surface area contributed by atoms with E-state index in [9.17, 15) is 4.79 Å². The van der Waals surface area contributed by atoms with Gasteiger partial charge in [-0.1, -0.05) is 26.8 Å². The van der Waals surface area contributed by atoms with Gasteiger partial charge in [0, 0.05) is 16.5 Å². The first-order valence-electron chi connectivity index (χ1n) is 6.41. The van der Waals surface area contributed by atoms with Gasteiger partial charge in [0.25, 0.3) is 5.91 Å². The molecule has 3 N–H and O–H groups in total. The highest BCUT2D eigenvalue weighted by atomic mass is 32.1. The smallest absolute Gasteiger partial charge is 0.259 e. The van der Waals surface area contributed by atoms with Crippen LogP contribution < -0.4 is 11.1 Å². The molecule has 0 bridgehead atoms. The third kappa shape index (κ3) is 3.17. The molecule has 20 heavy (non-hydrogen) atoms. The van der Waals surface area contributed by atoms with Gasteiger partial charge in [-0.2, -0.15) is 0 Å². The lowest BCUT2D eigenvalue weighted by Crippen LogP contribution is -2.15. The zero-order valence-electron chi connectivity index (χ0n) is 12.2. The Hall–Kier alpha value is -1.88. The normalized spacial score (nSPS) is 11.4. The Balaban J connectivity index is 2.17. The van der Waals surface area contributed by atoms with Crippen LogP contribution in [0.2, 0.25) is 0 Å². The Kier molecular flexibility index (Phi) is 3.81. The van der Waals surface area contributed by atoms with Crippen molar-refractivity contribution in [2.75, 3.05) is 11.1 Å².